The molecule has 2 aromatic rings. The van der Waals surface area contributed by atoms with Crippen LogP contribution in [0.5, 0.6) is 0 Å². The fourth-order valence-corrected chi connectivity index (χ4v) is 2.79. The molecule has 0 fully saturated rings. The van der Waals surface area contributed by atoms with E-state index in [1.165, 1.54) is 12.1 Å². The van der Waals surface area contributed by atoms with Crippen molar-refractivity contribution in [3.63, 3.8) is 0 Å². The van der Waals surface area contributed by atoms with Gasteiger partial charge in [-0.25, -0.2) is 9.37 Å². The van der Waals surface area contributed by atoms with Crippen molar-refractivity contribution in [1.29, 1.82) is 0 Å². The van der Waals surface area contributed by atoms with Crippen molar-refractivity contribution in [2.24, 2.45) is 5.73 Å². The Morgan fingerprint density at radius 1 is 1.33 bits per heavy atom. The van der Waals surface area contributed by atoms with Gasteiger partial charge in [0.15, 0.2) is 5.13 Å². The zero-order valence-corrected chi connectivity index (χ0v) is 11.3. The molecule has 5 heteroatoms. The summed E-state index contributed by atoms with van der Waals surface area (Å²) in [6.07, 6.45) is 0. The molecule has 1 aromatic heterocycles. The lowest BCUT2D eigenvalue weighted by atomic mass is 10.3. The lowest BCUT2D eigenvalue weighted by Crippen LogP contribution is -2.15. The van der Waals surface area contributed by atoms with Gasteiger partial charge in [-0.2, -0.15) is 0 Å². The van der Waals surface area contributed by atoms with Gasteiger partial charge in [0, 0.05) is 23.7 Å². The monoisotopic (exact) mass is 265 g/mol. The summed E-state index contributed by atoms with van der Waals surface area (Å²) in [5.74, 6) is -0.229. The van der Waals surface area contributed by atoms with Gasteiger partial charge in [-0.15, -0.1) is 0 Å². The van der Waals surface area contributed by atoms with E-state index in [1.54, 1.807) is 23.5 Å². The summed E-state index contributed by atoms with van der Waals surface area (Å²) in [5, 5.41) is 0.905. The van der Waals surface area contributed by atoms with Crippen molar-refractivity contribution < 1.29 is 4.39 Å². The predicted octanol–water partition coefficient (Wildman–Crippen LogP) is 3.21. The van der Waals surface area contributed by atoms with Gasteiger partial charge >= 0.3 is 0 Å². The maximum Gasteiger partial charge on any atom is 0.190 e. The van der Waals surface area contributed by atoms with E-state index in [0.717, 1.165) is 27.9 Å². The Hall–Kier alpha value is -1.46. The normalized spacial score (nSPS) is 10.7. The minimum atomic E-state index is -0.229. The molecule has 3 nitrogen and oxygen atoms in total. The van der Waals surface area contributed by atoms with Crippen molar-refractivity contribution >= 4 is 22.2 Å². The Labute approximate surface area is 110 Å². The molecule has 0 spiro atoms. The quantitative estimate of drug-likeness (QED) is 0.923. The third kappa shape index (κ3) is 2.52. The summed E-state index contributed by atoms with van der Waals surface area (Å²) in [5.41, 5.74) is 7.58. The van der Waals surface area contributed by atoms with Crippen LogP contribution in [0, 0.1) is 12.7 Å². The van der Waals surface area contributed by atoms with Gasteiger partial charge in [0.2, 0.25) is 0 Å². The second-order valence-corrected chi connectivity index (χ2v) is 4.99. The Morgan fingerprint density at radius 3 is 2.50 bits per heavy atom. The van der Waals surface area contributed by atoms with Crippen LogP contribution in [0.25, 0.3) is 0 Å². The highest BCUT2D eigenvalue weighted by Gasteiger charge is 2.13. The molecule has 0 aliphatic rings. The number of benzene rings is 1. The molecule has 96 valence electrons. The first kappa shape index (κ1) is 13.0. The summed E-state index contributed by atoms with van der Waals surface area (Å²) in [4.78, 5) is 7.66. The number of halogens is 1. The molecule has 0 saturated carbocycles. The van der Waals surface area contributed by atoms with Crippen molar-refractivity contribution in [3.05, 3.63) is 40.7 Å². The van der Waals surface area contributed by atoms with E-state index in [4.69, 9.17) is 5.73 Å². The Bertz CT molecular complexity index is 522. The second-order valence-electron chi connectivity index (χ2n) is 3.93. The average molecular weight is 265 g/mol. The molecule has 0 amide bonds. The van der Waals surface area contributed by atoms with E-state index < -0.39 is 0 Å². The molecule has 0 aliphatic heterocycles. The molecule has 0 atom stereocenters. The molecule has 1 aromatic carbocycles. The first-order valence-electron chi connectivity index (χ1n) is 5.85. The van der Waals surface area contributed by atoms with Crippen LogP contribution < -0.4 is 10.6 Å². The lowest BCUT2D eigenvalue weighted by molar-refractivity contribution is 0.628. The van der Waals surface area contributed by atoms with Gasteiger partial charge in [0.05, 0.1) is 5.69 Å². The second kappa shape index (κ2) is 5.46. The van der Waals surface area contributed by atoms with Gasteiger partial charge in [0.1, 0.15) is 5.82 Å². The first-order valence-corrected chi connectivity index (χ1v) is 6.66. The van der Waals surface area contributed by atoms with Crippen LogP contribution >= 0.6 is 11.3 Å². The predicted molar refractivity (Wildman–Crippen MR) is 73.8 cm³/mol. The molecule has 0 bridgehead atoms. The van der Waals surface area contributed by atoms with Crippen LogP contribution in [0.3, 0.4) is 0 Å². The molecule has 0 aliphatic carbocycles. The van der Waals surface area contributed by atoms with E-state index in [9.17, 15) is 4.39 Å². The Morgan fingerprint density at radius 2 is 2.00 bits per heavy atom. The zero-order chi connectivity index (χ0) is 13.1. The van der Waals surface area contributed by atoms with E-state index >= 15 is 0 Å². The maximum absolute atomic E-state index is 12.9. The number of nitrogens with zero attached hydrogens (tertiary/aromatic N) is 2. The zero-order valence-electron chi connectivity index (χ0n) is 10.5. The number of anilines is 2. The highest BCUT2D eigenvalue weighted by Crippen LogP contribution is 2.31. The number of rotatable bonds is 4. The molecule has 0 unspecified atom stereocenters. The molecule has 18 heavy (non-hydrogen) atoms. The van der Waals surface area contributed by atoms with E-state index in [0.29, 0.717) is 6.54 Å². The lowest BCUT2D eigenvalue weighted by Gasteiger charge is -2.19. The Balaban J connectivity index is 2.35. The van der Waals surface area contributed by atoms with Crippen LogP contribution in [0.1, 0.15) is 17.5 Å². The summed E-state index contributed by atoms with van der Waals surface area (Å²) in [7, 11) is 0. The highest BCUT2D eigenvalue weighted by molar-refractivity contribution is 7.15. The van der Waals surface area contributed by atoms with E-state index in [1.807, 2.05) is 13.8 Å². The molecular weight excluding hydrogens is 249 g/mol. The molecule has 0 radical (unpaired) electrons. The van der Waals surface area contributed by atoms with Crippen LogP contribution in [0.4, 0.5) is 15.2 Å². The maximum atomic E-state index is 12.9. The van der Waals surface area contributed by atoms with Crippen LogP contribution in [0.15, 0.2) is 24.3 Å². The van der Waals surface area contributed by atoms with E-state index in [2.05, 4.69) is 9.88 Å². The number of hydrogen-bond acceptors (Lipinski definition) is 4. The van der Waals surface area contributed by atoms with Crippen molar-refractivity contribution in [2.75, 3.05) is 11.4 Å². The number of aromatic nitrogens is 1. The van der Waals surface area contributed by atoms with Gasteiger partial charge in [-0.05, 0) is 38.1 Å². The smallest absolute Gasteiger partial charge is 0.190 e. The van der Waals surface area contributed by atoms with Gasteiger partial charge < -0.3 is 10.6 Å². The molecular formula is C13H16FN3S. The largest absolute Gasteiger partial charge is 0.326 e. The van der Waals surface area contributed by atoms with Crippen molar-refractivity contribution in [1.82, 2.24) is 4.98 Å². The third-order valence-electron chi connectivity index (χ3n) is 2.75. The average Bonchev–Trinajstić information content (AvgIpc) is 2.74. The standard InChI is InChI=1S/C13H16FN3S/c1-3-17(11-6-4-10(14)5-7-11)13-16-9(2)12(8-15)18-13/h4-7H,3,8,15H2,1-2H3. The minimum Gasteiger partial charge on any atom is -0.326 e. The minimum absolute atomic E-state index is 0.229. The topological polar surface area (TPSA) is 42.2 Å². The van der Waals surface area contributed by atoms with Crippen LogP contribution in [-0.2, 0) is 6.54 Å². The molecule has 0 saturated heterocycles. The van der Waals surface area contributed by atoms with Gasteiger partial charge in [0.25, 0.3) is 0 Å². The van der Waals surface area contributed by atoms with Crippen molar-refractivity contribution in [3.8, 4) is 0 Å². The third-order valence-corrected chi connectivity index (χ3v) is 3.95. The van der Waals surface area contributed by atoms with Gasteiger partial charge in [-0.3, -0.25) is 0 Å². The Kier molecular flexibility index (Phi) is 3.93. The van der Waals surface area contributed by atoms with Crippen LogP contribution in [-0.4, -0.2) is 11.5 Å². The fourth-order valence-electron chi connectivity index (χ4n) is 1.77. The van der Waals surface area contributed by atoms with Crippen LogP contribution in [0.2, 0.25) is 0 Å². The van der Waals surface area contributed by atoms with E-state index in [-0.39, 0.29) is 5.82 Å². The fraction of sp³-hybridized carbons (Fsp3) is 0.308. The number of thiazole rings is 1. The number of nitrogens with two attached hydrogens (primary N) is 1. The summed E-state index contributed by atoms with van der Waals surface area (Å²) >= 11 is 1.59. The number of hydrogen-bond donors (Lipinski definition) is 1. The highest BCUT2D eigenvalue weighted by atomic mass is 32.1. The van der Waals surface area contributed by atoms with Crippen molar-refractivity contribution in [2.45, 2.75) is 20.4 Å². The summed E-state index contributed by atoms with van der Waals surface area (Å²) in [6, 6.07) is 6.44. The summed E-state index contributed by atoms with van der Waals surface area (Å²) in [6.45, 7) is 5.29. The first-order chi connectivity index (χ1) is 8.65. The molecule has 2 rings (SSSR count). The number of aryl methyl sites for hydroxylation is 1. The molecule has 2 N–H and O–H groups in total. The summed E-state index contributed by atoms with van der Waals surface area (Å²) < 4.78 is 12.9. The van der Waals surface area contributed by atoms with Gasteiger partial charge in [-0.1, -0.05) is 11.3 Å². The molecule has 1 heterocycles. The SMILES string of the molecule is CCN(c1ccc(F)cc1)c1nc(C)c(CN)s1.